The third-order valence-electron chi connectivity index (χ3n) is 5.51. The monoisotopic (exact) mass is 489 g/mol. The van der Waals surface area contributed by atoms with Crippen molar-refractivity contribution in [2.45, 2.75) is 25.0 Å². The Kier molecular flexibility index (Phi) is 7.41. The molecular formula is C27H27N3O4S. The number of para-hydroxylation sites is 2. The van der Waals surface area contributed by atoms with E-state index >= 15 is 0 Å². The maximum Gasteiger partial charge on any atom is 0.266 e. The summed E-state index contributed by atoms with van der Waals surface area (Å²) < 4.78 is 12.3. The minimum Gasteiger partial charge on any atom is -0.493 e. The van der Waals surface area contributed by atoms with Crippen LogP contribution in [0.1, 0.15) is 13.8 Å². The molecule has 0 saturated heterocycles. The number of carbonyl (C=O) groups is 1. The summed E-state index contributed by atoms with van der Waals surface area (Å²) in [5.74, 6) is 1.09. The molecule has 0 spiro atoms. The second-order valence-corrected chi connectivity index (χ2v) is 9.02. The van der Waals surface area contributed by atoms with E-state index in [1.807, 2.05) is 50.2 Å². The van der Waals surface area contributed by atoms with Gasteiger partial charge in [0.05, 0.1) is 36.6 Å². The molecule has 0 aliphatic carbocycles. The second-order valence-electron chi connectivity index (χ2n) is 8.07. The van der Waals surface area contributed by atoms with Gasteiger partial charge in [-0.05, 0) is 50.2 Å². The molecular weight excluding hydrogens is 462 g/mol. The van der Waals surface area contributed by atoms with Crippen molar-refractivity contribution in [2.75, 3.05) is 24.9 Å². The minimum absolute atomic E-state index is 0.0249. The lowest BCUT2D eigenvalue weighted by Crippen LogP contribution is -2.38. The van der Waals surface area contributed by atoms with Crippen molar-refractivity contribution >= 4 is 34.3 Å². The minimum atomic E-state index is -0.221. The number of thioether (sulfide) groups is 1. The molecule has 4 aromatic rings. The molecule has 0 aliphatic rings. The summed E-state index contributed by atoms with van der Waals surface area (Å²) >= 11 is 1.23. The van der Waals surface area contributed by atoms with Crippen LogP contribution in [-0.4, -0.2) is 41.5 Å². The van der Waals surface area contributed by atoms with Crippen LogP contribution in [0.5, 0.6) is 11.5 Å². The van der Waals surface area contributed by atoms with Crippen LogP contribution < -0.4 is 19.9 Å². The van der Waals surface area contributed by atoms with Gasteiger partial charge in [-0.25, -0.2) is 4.98 Å². The van der Waals surface area contributed by atoms with Crippen LogP contribution in [0.25, 0.3) is 16.6 Å². The summed E-state index contributed by atoms with van der Waals surface area (Å²) in [6, 6.07) is 22.0. The molecule has 1 heterocycles. The van der Waals surface area contributed by atoms with Crippen molar-refractivity contribution < 1.29 is 14.3 Å². The number of amides is 1. The van der Waals surface area contributed by atoms with Crippen molar-refractivity contribution in [1.82, 2.24) is 9.55 Å². The Labute approximate surface area is 208 Å². The molecule has 0 radical (unpaired) electrons. The zero-order chi connectivity index (χ0) is 24.9. The number of hydrogen-bond donors (Lipinski definition) is 0. The molecule has 3 aromatic carbocycles. The van der Waals surface area contributed by atoms with Gasteiger partial charge in [0.15, 0.2) is 16.7 Å². The normalized spacial score (nSPS) is 11.0. The predicted octanol–water partition coefficient (Wildman–Crippen LogP) is 4.94. The molecule has 0 atom stereocenters. The standard InChI is InChI=1S/C27H27N3O4S/c1-18(2)29(19-10-6-5-7-11-19)25(31)17-35-27-28-22-13-9-8-12-21(22)26(32)30(27)20-14-15-23(33-3)24(16-20)34-4/h5-16,18H,17H2,1-4H3. The van der Waals surface area contributed by atoms with Gasteiger partial charge >= 0.3 is 0 Å². The van der Waals surface area contributed by atoms with Crippen LogP contribution in [0.3, 0.4) is 0 Å². The molecule has 180 valence electrons. The number of rotatable bonds is 8. The van der Waals surface area contributed by atoms with Crippen molar-refractivity contribution in [3.05, 3.63) is 83.2 Å². The van der Waals surface area contributed by atoms with Crippen molar-refractivity contribution in [1.29, 1.82) is 0 Å². The number of fused-ring (bicyclic) bond motifs is 1. The topological polar surface area (TPSA) is 73.7 Å². The van der Waals surface area contributed by atoms with Crippen molar-refractivity contribution in [3.63, 3.8) is 0 Å². The lowest BCUT2D eigenvalue weighted by Gasteiger charge is -2.27. The number of aromatic nitrogens is 2. The highest BCUT2D eigenvalue weighted by molar-refractivity contribution is 7.99. The Bertz CT molecular complexity index is 1400. The first-order valence-electron chi connectivity index (χ1n) is 11.2. The van der Waals surface area contributed by atoms with Gasteiger partial charge in [-0.3, -0.25) is 14.2 Å². The first-order chi connectivity index (χ1) is 16.9. The van der Waals surface area contributed by atoms with E-state index in [1.54, 1.807) is 55.5 Å². The number of methoxy groups -OCH3 is 2. The SMILES string of the molecule is COc1ccc(-n2c(SCC(=O)N(c3ccccc3)C(C)C)nc3ccccc3c2=O)cc1OC. The van der Waals surface area contributed by atoms with Crippen LogP contribution in [0, 0.1) is 0 Å². The number of carbonyl (C=O) groups excluding carboxylic acids is 1. The maximum absolute atomic E-state index is 13.6. The van der Waals surface area contributed by atoms with E-state index in [0.717, 1.165) is 5.69 Å². The highest BCUT2D eigenvalue weighted by Gasteiger charge is 2.21. The number of benzene rings is 3. The summed E-state index contributed by atoms with van der Waals surface area (Å²) in [4.78, 5) is 33.3. The highest BCUT2D eigenvalue weighted by Crippen LogP contribution is 2.31. The highest BCUT2D eigenvalue weighted by atomic mass is 32.2. The van der Waals surface area contributed by atoms with E-state index in [2.05, 4.69) is 0 Å². The lowest BCUT2D eigenvalue weighted by atomic mass is 10.2. The zero-order valence-electron chi connectivity index (χ0n) is 20.1. The second kappa shape index (κ2) is 10.7. The summed E-state index contributed by atoms with van der Waals surface area (Å²) in [6.07, 6.45) is 0. The summed E-state index contributed by atoms with van der Waals surface area (Å²) in [6.45, 7) is 3.95. The summed E-state index contributed by atoms with van der Waals surface area (Å²) in [7, 11) is 3.10. The van der Waals surface area contributed by atoms with E-state index in [0.29, 0.717) is 33.2 Å². The molecule has 7 nitrogen and oxygen atoms in total. The fourth-order valence-electron chi connectivity index (χ4n) is 3.92. The van der Waals surface area contributed by atoms with Crippen molar-refractivity contribution in [3.8, 4) is 17.2 Å². The molecule has 35 heavy (non-hydrogen) atoms. The smallest absolute Gasteiger partial charge is 0.266 e. The number of nitrogens with zero attached hydrogens (tertiary/aromatic N) is 3. The van der Waals surface area contributed by atoms with Crippen LogP contribution in [0.4, 0.5) is 5.69 Å². The van der Waals surface area contributed by atoms with E-state index in [9.17, 15) is 9.59 Å². The average molecular weight is 490 g/mol. The summed E-state index contributed by atoms with van der Waals surface area (Å²) in [5.41, 5.74) is 1.76. The van der Waals surface area contributed by atoms with Gasteiger partial charge in [-0.1, -0.05) is 42.1 Å². The molecule has 0 saturated carbocycles. The van der Waals surface area contributed by atoms with Gasteiger partial charge in [-0.2, -0.15) is 0 Å². The molecule has 0 fully saturated rings. The van der Waals surface area contributed by atoms with Crippen LogP contribution >= 0.6 is 11.8 Å². The predicted molar refractivity (Wildman–Crippen MR) is 140 cm³/mol. The molecule has 4 rings (SSSR count). The molecule has 0 aliphatic heterocycles. The first kappa shape index (κ1) is 24.3. The van der Waals surface area contributed by atoms with Gasteiger partial charge in [0, 0.05) is 17.8 Å². The van der Waals surface area contributed by atoms with Gasteiger partial charge in [0.1, 0.15) is 0 Å². The Hall–Kier alpha value is -3.78. The van der Waals surface area contributed by atoms with E-state index in [1.165, 1.54) is 16.3 Å². The first-order valence-corrected chi connectivity index (χ1v) is 12.2. The Morgan fingerprint density at radius 2 is 1.66 bits per heavy atom. The van der Waals surface area contributed by atoms with Crippen LogP contribution in [0.15, 0.2) is 82.7 Å². The number of hydrogen-bond acceptors (Lipinski definition) is 6. The largest absolute Gasteiger partial charge is 0.493 e. The molecule has 1 aromatic heterocycles. The fourth-order valence-corrected chi connectivity index (χ4v) is 4.79. The molecule has 8 heteroatoms. The number of anilines is 1. The number of ether oxygens (including phenoxy) is 2. The third kappa shape index (κ3) is 5.02. The molecule has 0 unspecified atom stereocenters. The zero-order valence-corrected chi connectivity index (χ0v) is 20.9. The van der Waals surface area contributed by atoms with Gasteiger partial charge in [0.2, 0.25) is 5.91 Å². The van der Waals surface area contributed by atoms with Gasteiger partial charge < -0.3 is 14.4 Å². The van der Waals surface area contributed by atoms with Crippen LogP contribution in [-0.2, 0) is 4.79 Å². The Balaban J connectivity index is 1.76. The average Bonchev–Trinajstić information content (AvgIpc) is 2.87. The quantitative estimate of drug-likeness (QED) is 0.258. The fraction of sp³-hybridized carbons (Fsp3) is 0.222. The third-order valence-corrected chi connectivity index (χ3v) is 6.44. The Morgan fingerprint density at radius 1 is 0.971 bits per heavy atom. The van der Waals surface area contributed by atoms with E-state index in [4.69, 9.17) is 14.5 Å². The van der Waals surface area contributed by atoms with Crippen molar-refractivity contribution in [2.24, 2.45) is 0 Å². The molecule has 1 amide bonds. The van der Waals surface area contributed by atoms with E-state index in [-0.39, 0.29) is 23.3 Å². The maximum atomic E-state index is 13.6. The van der Waals surface area contributed by atoms with Gasteiger partial charge in [0.25, 0.3) is 5.56 Å². The lowest BCUT2D eigenvalue weighted by molar-refractivity contribution is -0.116. The Morgan fingerprint density at radius 3 is 2.34 bits per heavy atom. The molecule has 0 N–H and O–H groups in total. The molecule has 0 bridgehead atoms. The van der Waals surface area contributed by atoms with Gasteiger partial charge in [-0.15, -0.1) is 0 Å². The van der Waals surface area contributed by atoms with E-state index < -0.39 is 0 Å². The summed E-state index contributed by atoms with van der Waals surface area (Å²) in [5, 5.41) is 0.914. The van der Waals surface area contributed by atoms with Crippen LogP contribution in [0.2, 0.25) is 0 Å².